The molecule has 6 heteroatoms. The lowest BCUT2D eigenvalue weighted by Crippen LogP contribution is -2.27. The van der Waals surface area contributed by atoms with Crippen LogP contribution in [0.3, 0.4) is 0 Å². The normalized spacial score (nSPS) is 11.4. The van der Waals surface area contributed by atoms with Crippen LogP contribution in [0.1, 0.15) is 36.5 Å². The van der Waals surface area contributed by atoms with Gasteiger partial charge in [-0.2, -0.15) is 0 Å². The van der Waals surface area contributed by atoms with Crippen molar-refractivity contribution in [2.75, 3.05) is 18.9 Å². The Kier molecular flexibility index (Phi) is 5.74. The van der Waals surface area contributed by atoms with Gasteiger partial charge in [-0.25, -0.2) is 4.98 Å². The zero-order valence-corrected chi connectivity index (χ0v) is 14.3. The summed E-state index contributed by atoms with van der Waals surface area (Å²) in [7, 11) is 0. The highest BCUT2D eigenvalue weighted by molar-refractivity contribution is 7.09. The van der Waals surface area contributed by atoms with Crippen molar-refractivity contribution in [3.63, 3.8) is 0 Å². The zero-order valence-electron chi connectivity index (χ0n) is 13.5. The summed E-state index contributed by atoms with van der Waals surface area (Å²) in [6.45, 7) is 4.80. The van der Waals surface area contributed by atoms with Crippen LogP contribution in [-0.4, -0.2) is 29.1 Å². The van der Waals surface area contributed by atoms with Gasteiger partial charge in [0.2, 0.25) is 5.91 Å². The number of nitrogens with two attached hydrogens (primary N) is 1. The van der Waals surface area contributed by atoms with Gasteiger partial charge in [-0.15, -0.1) is 11.3 Å². The van der Waals surface area contributed by atoms with Crippen LogP contribution >= 0.6 is 11.3 Å². The summed E-state index contributed by atoms with van der Waals surface area (Å²) in [6.07, 6.45) is 0.831. The summed E-state index contributed by atoms with van der Waals surface area (Å²) in [6, 6.07) is 7.80. The summed E-state index contributed by atoms with van der Waals surface area (Å²) in [5.41, 5.74) is 8.16. The van der Waals surface area contributed by atoms with Gasteiger partial charge in [0.05, 0.1) is 12.1 Å². The average molecular weight is 333 g/mol. The fraction of sp³-hybridized carbons (Fsp3) is 0.412. The molecule has 23 heavy (non-hydrogen) atoms. The van der Waals surface area contributed by atoms with E-state index in [0.717, 1.165) is 22.0 Å². The molecule has 0 spiro atoms. The van der Waals surface area contributed by atoms with E-state index in [2.05, 4.69) is 24.1 Å². The lowest BCUT2D eigenvalue weighted by Gasteiger charge is -2.22. The van der Waals surface area contributed by atoms with Gasteiger partial charge < -0.3 is 16.2 Å². The first-order chi connectivity index (χ1) is 10.9. The number of benzene rings is 1. The number of amides is 1. The molecule has 0 unspecified atom stereocenters. The van der Waals surface area contributed by atoms with Crippen molar-refractivity contribution in [1.29, 1.82) is 0 Å². The molecule has 0 aliphatic carbocycles. The number of nitrogen functional groups attached to an aromatic ring is 1. The first kappa shape index (κ1) is 17.4. The molecule has 2 aromatic rings. The summed E-state index contributed by atoms with van der Waals surface area (Å²) < 4.78 is 0. The maximum absolute atomic E-state index is 11.8. The SMILES string of the molecule is CC(C)(c1ccc(N)cc1)c1nc(CC(=O)NCCCO)cs1. The molecule has 0 saturated heterocycles. The first-order valence-corrected chi connectivity index (χ1v) is 8.50. The van der Waals surface area contributed by atoms with E-state index >= 15 is 0 Å². The third kappa shape index (κ3) is 4.53. The van der Waals surface area contributed by atoms with E-state index in [1.165, 1.54) is 0 Å². The fourth-order valence-corrected chi connectivity index (χ4v) is 3.20. The van der Waals surface area contributed by atoms with Crippen LogP contribution in [0.2, 0.25) is 0 Å². The minimum Gasteiger partial charge on any atom is -0.399 e. The zero-order chi connectivity index (χ0) is 16.9. The number of aliphatic hydroxyl groups excluding tert-OH is 1. The van der Waals surface area contributed by atoms with Crippen molar-refractivity contribution >= 4 is 22.9 Å². The summed E-state index contributed by atoms with van der Waals surface area (Å²) in [4.78, 5) is 16.4. The van der Waals surface area contributed by atoms with Crippen molar-refractivity contribution in [3.05, 3.63) is 45.9 Å². The molecule has 4 N–H and O–H groups in total. The quantitative estimate of drug-likeness (QED) is 0.535. The van der Waals surface area contributed by atoms with Gasteiger partial charge in [-0.3, -0.25) is 4.79 Å². The van der Waals surface area contributed by atoms with Gasteiger partial charge in [-0.1, -0.05) is 12.1 Å². The van der Waals surface area contributed by atoms with Gasteiger partial charge in [0.25, 0.3) is 0 Å². The van der Waals surface area contributed by atoms with Crippen LogP contribution in [0.5, 0.6) is 0 Å². The average Bonchev–Trinajstić information content (AvgIpc) is 2.97. The Balaban J connectivity index is 2.05. The van der Waals surface area contributed by atoms with Crippen LogP contribution in [0, 0.1) is 0 Å². The molecule has 1 aromatic carbocycles. The maximum Gasteiger partial charge on any atom is 0.226 e. The Morgan fingerprint density at radius 3 is 2.70 bits per heavy atom. The Hall–Kier alpha value is -1.92. The van der Waals surface area contributed by atoms with E-state index in [4.69, 9.17) is 10.8 Å². The molecule has 5 nitrogen and oxygen atoms in total. The summed E-state index contributed by atoms with van der Waals surface area (Å²) >= 11 is 1.56. The molecule has 0 fully saturated rings. The molecule has 1 aromatic heterocycles. The Labute approximate surface area is 140 Å². The summed E-state index contributed by atoms with van der Waals surface area (Å²) in [5, 5.41) is 14.4. The third-order valence-electron chi connectivity index (χ3n) is 3.72. The van der Waals surface area contributed by atoms with Gasteiger partial charge >= 0.3 is 0 Å². The van der Waals surface area contributed by atoms with Crippen LogP contribution in [-0.2, 0) is 16.6 Å². The molecule has 1 heterocycles. The lowest BCUT2D eigenvalue weighted by atomic mass is 9.85. The van der Waals surface area contributed by atoms with Gasteiger partial charge in [0.1, 0.15) is 5.01 Å². The standard InChI is InChI=1S/C17H23N3O2S/c1-17(2,12-4-6-13(18)7-5-12)16-20-14(11-23-16)10-15(22)19-8-3-9-21/h4-7,11,21H,3,8-10,18H2,1-2H3,(H,19,22). The highest BCUT2D eigenvalue weighted by atomic mass is 32.1. The van der Waals surface area contributed by atoms with E-state index in [0.29, 0.717) is 13.0 Å². The van der Waals surface area contributed by atoms with Gasteiger partial charge in [-0.05, 0) is 38.0 Å². The number of hydrogen-bond acceptors (Lipinski definition) is 5. The number of rotatable bonds is 7. The smallest absolute Gasteiger partial charge is 0.226 e. The number of carbonyl (C=O) groups is 1. The number of thiazole rings is 1. The number of carbonyl (C=O) groups excluding carboxylic acids is 1. The van der Waals surface area contributed by atoms with E-state index in [-0.39, 0.29) is 24.3 Å². The number of nitrogens with one attached hydrogen (secondary N) is 1. The molecule has 124 valence electrons. The van der Waals surface area contributed by atoms with Crippen molar-refractivity contribution in [3.8, 4) is 0 Å². The lowest BCUT2D eigenvalue weighted by molar-refractivity contribution is -0.120. The Morgan fingerprint density at radius 2 is 2.04 bits per heavy atom. The minimum absolute atomic E-state index is 0.0689. The predicted octanol–water partition coefficient (Wildman–Crippen LogP) is 2.09. The second-order valence-electron chi connectivity index (χ2n) is 5.99. The Morgan fingerprint density at radius 1 is 1.35 bits per heavy atom. The van der Waals surface area contributed by atoms with Crippen LogP contribution in [0.15, 0.2) is 29.6 Å². The van der Waals surface area contributed by atoms with Crippen LogP contribution < -0.4 is 11.1 Å². The number of nitrogens with zero attached hydrogens (tertiary/aromatic N) is 1. The molecule has 0 saturated carbocycles. The van der Waals surface area contributed by atoms with Gasteiger partial charge in [0.15, 0.2) is 0 Å². The van der Waals surface area contributed by atoms with Crippen LogP contribution in [0.25, 0.3) is 0 Å². The topological polar surface area (TPSA) is 88.2 Å². The maximum atomic E-state index is 11.8. The second kappa shape index (κ2) is 7.57. The minimum atomic E-state index is -0.232. The van der Waals surface area contributed by atoms with E-state index in [1.807, 2.05) is 29.6 Å². The van der Waals surface area contributed by atoms with E-state index < -0.39 is 0 Å². The first-order valence-electron chi connectivity index (χ1n) is 7.62. The largest absolute Gasteiger partial charge is 0.399 e. The molecule has 0 aliphatic heterocycles. The van der Waals surface area contributed by atoms with Crippen LogP contribution in [0.4, 0.5) is 5.69 Å². The molecule has 1 amide bonds. The van der Waals surface area contributed by atoms with Crippen molar-refractivity contribution < 1.29 is 9.90 Å². The molecule has 2 rings (SSSR count). The number of anilines is 1. The van der Waals surface area contributed by atoms with Gasteiger partial charge in [0, 0.05) is 29.6 Å². The molecule has 0 aliphatic rings. The predicted molar refractivity (Wildman–Crippen MR) is 93.5 cm³/mol. The molecule has 0 atom stereocenters. The summed E-state index contributed by atoms with van der Waals surface area (Å²) in [5.74, 6) is -0.0689. The molecule has 0 radical (unpaired) electrons. The van der Waals surface area contributed by atoms with E-state index in [9.17, 15) is 4.79 Å². The molecule has 0 bridgehead atoms. The fourth-order valence-electron chi connectivity index (χ4n) is 2.23. The number of aliphatic hydroxyl groups is 1. The van der Waals surface area contributed by atoms with Crippen molar-refractivity contribution in [1.82, 2.24) is 10.3 Å². The Bertz CT molecular complexity index is 650. The number of hydrogen-bond donors (Lipinski definition) is 3. The van der Waals surface area contributed by atoms with Crippen molar-refractivity contribution in [2.24, 2.45) is 0 Å². The highest BCUT2D eigenvalue weighted by Gasteiger charge is 2.26. The van der Waals surface area contributed by atoms with Crippen molar-refractivity contribution in [2.45, 2.75) is 32.1 Å². The molecular formula is C17H23N3O2S. The van der Waals surface area contributed by atoms with E-state index in [1.54, 1.807) is 11.3 Å². The third-order valence-corrected chi connectivity index (χ3v) is 4.93. The monoisotopic (exact) mass is 333 g/mol. The highest BCUT2D eigenvalue weighted by Crippen LogP contribution is 2.33. The second-order valence-corrected chi connectivity index (χ2v) is 6.85. The number of aromatic nitrogens is 1. The molecular weight excluding hydrogens is 310 g/mol.